The minimum atomic E-state index is -0.606. The quantitative estimate of drug-likeness (QED) is 0.173. The van der Waals surface area contributed by atoms with Crippen molar-refractivity contribution in [2.75, 3.05) is 12.3 Å². The molecule has 258 valence electrons. The van der Waals surface area contributed by atoms with E-state index in [9.17, 15) is 10.2 Å². The molecule has 0 aromatic heterocycles. The van der Waals surface area contributed by atoms with Crippen molar-refractivity contribution in [3.63, 3.8) is 0 Å². The van der Waals surface area contributed by atoms with Crippen molar-refractivity contribution < 1.29 is 10.2 Å². The van der Waals surface area contributed by atoms with E-state index in [0.717, 1.165) is 46.9 Å². The maximum Gasteiger partial charge on any atom is 0.122 e. The molecule has 0 radical (unpaired) electrons. The number of aromatic hydroxyl groups is 2. The fraction of sp³-hybridized carbons (Fsp3) is 0.455. The Morgan fingerprint density at radius 3 is 1.02 bits per heavy atom. The molecule has 0 saturated carbocycles. The summed E-state index contributed by atoms with van der Waals surface area (Å²) in [4.78, 5) is 0. The molecular weight excluding hydrogens is 622 g/mol. The van der Waals surface area contributed by atoms with Gasteiger partial charge in [-0.2, -0.15) is 0 Å². The monoisotopic (exact) mass is 682 g/mol. The van der Waals surface area contributed by atoms with Crippen LogP contribution in [0.2, 0.25) is 0 Å². The van der Waals surface area contributed by atoms with Crippen LogP contribution in [-0.2, 0) is 34.0 Å². The van der Waals surface area contributed by atoms with Crippen LogP contribution < -0.4 is 10.6 Å². The summed E-state index contributed by atoms with van der Waals surface area (Å²) in [5, 5.41) is 26.3. The summed E-state index contributed by atoms with van der Waals surface area (Å²) in [7, 11) is -1.21. The van der Waals surface area contributed by atoms with E-state index < -0.39 is 15.8 Å². The highest BCUT2D eigenvalue weighted by Gasteiger charge is 2.29. The largest absolute Gasteiger partial charge is 0.507 e. The highest BCUT2D eigenvalue weighted by molar-refractivity contribution is 7.68. The van der Waals surface area contributed by atoms with E-state index >= 15 is 0 Å². The van der Waals surface area contributed by atoms with Crippen LogP contribution in [0.15, 0.2) is 84.9 Å². The van der Waals surface area contributed by atoms with Crippen LogP contribution in [0.4, 0.5) is 0 Å². The Morgan fingerprint density at radius 2 is 0.750 bits per heavy atom. The molecule has 0 fully saturated rings. The zero-order chi connectivity index (χ0) is 35.7. The third-order valence-corrected chi connectivity index (χ3v) is 14.7. The molecular formula is C44H60O2P2. The van der Waals surface area contributed by atoms with Crippen LogP contribution in [0, 0.1) is 0 Å². The predicted octanol–water partition coefficient (Wildman–Crippen LogP) is 11.6. The van der Waals surface area contributed by atoms with Gasteiger partial charge >= 0.3 is 0 Å². The molecule has 0 saturated heterocycles. The van der Waals surface area contributed by atoms with Gasteiger partial charge in [-0.3, -0.25) is 0 Å². The zero-order valence-electron chi connectivity index (χ0n) is 31.7. The van der Waals surface area contributed by atoms with Crippen LogP contribution in [0.1, 0.15) is 116 Å². The number of hydrogen-bond donors (Lipinski definition) is 2. The molecule has 0 bridgehead atoms. The summed E-state index contributed by atoms with van der Waals surface area (Å²) in [6.45, 7) is 26.7. The lowest BCUT2D eigenvalue weighted by Crippen LogP contribution is -2.18. The normalized spacial score (nSPS) is 14.2. The minimum Gasteiger partial charge on any atom is -0.507 e. The molecule has 4 rings (SSSR count). The van der Waals surface area contributed by atoms with Gasteiger partial charge in [0.25, 0.3) is 0 Å². The Morgan fingerprint density at radius 1 is 0.438 bits per heavy atom. The second-order valence-corrected chi connectivity index (χ2v) is 22.3. The first-order valence-electron chi connectivity index (χ1n) is 17.5. The average Bonchev–Trinajstić information content (AvgIpc) is 2.98. The lowest BCUT2D eigenvalue weighted by Gasteiger charge is -2.30. The maximum absolute atomic E-state index is 11.8. The van der Waals surface area contributed by atoms with E-state index in [1.165, 1.54) is 21.7 Å². The lowest BCUT2D eigenvalue weighted by atomic mass is 9.79. The van der Waals surface area contributed by atoms with Gasteiger partial charge in [0.05, 0.1) is 0 Å². The summed E-state index contributed by atoms with van der Waals surface area (Å²) in [5.74, 6) is 0.922. The average molecular weight is 683 g/mol. The Kier molecular flexibility index (Phi) is 11.7. The van der Waals surface area contributed by atoms with Gasteiger partial charge in [0.1, 0.15) is 11.5 Å². The Bertz CT molecular complexity index is 1540. The molecule has 0 amide bonds. The lowest BCUT2D eigenvalue weighted by molar-refractivity contribution is 0.439. The number of hydrogen-bond acceptors (Lipinski definition) is 2. The van der Waals surface area contributed by atoms with Gasteiger partial charge in [-0.05, 0) is 78.0 Å². The first-order chi connectivity index (χ1) is 22.2. The number of benzene rings is 4. The minimum absolute atomic E-state index is 0.0188. The number of phenolic OH excluding ortho intramolecular Hbond substituents is 2. The standard InChI is InChI=1S/C44H60O2P2/c1-41(2,3)33-25-31(39(45)37(27-33)43(7,8)9)29-47(35-19-15-13-16-20-35)23-24-48(36-21-17-14-18-22-36)30-32-26-34(42(4,5)6)28-38(40(32)46)44(10,11)12/h13-22,25-28,45-46H,23-24,29-30H2,1-12H3/t47-,48?/m1/s1. The van der Waals surface area contributed by atoms with Gasteiger partial charge in [-0.15, -0.1) is 0 Å². The number of rotatable bonds is 9. The van der Waals surface area contributed by atoms with Crippen molar-refractivity contribution in [1.82, 2.24) is 0 Å². The van der Waals surface area contributed by atoms with Crippen molar-refractivity contribution >= 4 is 26.5 Å². The summed E-state index contributed by atoms with van der Waals surface area (Å²) < 4.78 is 0. The second kappa shape index (κ2) is 14.7. The van der Waals surface area contributed by atoms with Gasteiger partial charge in [0, 0.05) is 12.3 Å². The zero-order valence-corrected chi connectivity index (χ0v) is 33.5. The summed E-state index contributed by atoms with van der Waals surface area (Å²) >= 11 is 0. The fourth-order valence-electron chi connectivity index (χ4n) is 6.17. The van der Waals surface area contributed by atoms with Gasteiger partial charge in [-0.25, -0.2) is 0 Å². The van der Waals surface area contributed by atoms with Crippen LogP contribution >= 0.6 is 15.8 Å². The molecule has 0 heterocycles. The van der Waals surface area contributed by atoms with E-state index in [0.29, 0.717) is 11.5 Å². The maximum atomic E-state index is 11.8. The summed E-state index contributed by atoms with van der Waals surface area (Å²) in [6, 6.07) is 30.9. The first-order valence-corrected chi connectivity index (χ1v) is 20.9. The molecule has 2 nitrogen and oxygen atoms in total. The van der Waals surface area contributed by atoms with Crippen LogP contribution in [0.5, 0.6) is 11.5 Å². The molecule has 2 N–H and O–H groups in total. The fourth-order valence-corrected chi connectivity index (χ4v) is 11.8. The first kappa shape index (κ1) is 38.1. The van der Waals surface area contributed by atoms with Crippen molar-refractivity contribution in [3.05, 3.63) is 118 Å². The Balaban J connectivity index is 1.77. The van der Waals surface area contributed by atoms with Crippen molar-refractivity contribution in [2.24, 2.45) is 0 Å². The van der Waals surface area contributed by atoms with Gasteiger partial charge in [0.2, 0.25) is 0 Å². The van der Waals surface area contributed by atoms with Gasteiger partial charge < -0.3 is 10.2 Å². The molecule has 4 aromatic rings. The van der Waals surface area contributed by atoms with Crippen molar-refractivity contribution in [1.29, 1.82) is 0 Å². The highest BCUT2D eigenvalue weighted by Crippen LogP contribution is 2.50. The molecule has 48 heavy (non-hydrogen) atoms. The SMILES string of the molecule is CC(C)(C)c1cc(CP(CC[P@](Cc2cc(C(C)(C)C)cc(C(C)(C)C)c2O)c2ccccc2)c2ccccc2)c(O)c(C(C)(C)C)c1. The van der Waals surface area contributed by atoms with E-state index in [1.54, 1.807) is 0 Å². The third-order valence-electron chi connectivity index (χ3n) is 9.33. The predicted molar refractivity (Wildman–Crippen MR) is 214 cm³/mol. The van der Waals surface area contributed by atoms with Gasteiger partial charge in [-0.1, -0.05) is 184 Å². The van der Waals surface area contributed by atoms with Gasteiger partial charge in [0.15, 0.2) is 0 Å². The molecule has 0 aliphatic carbocycles. The van der Waals surface area contributed by atoms with Crippen LogP contribution in [0.25, 0.3) is 0 Å². The molecule has 1 unspecified atom stereocenters. The molecule has 4 aromatic carbocycles. The smallest absolute Gasteiger partial charge is 0.122 e. The molecule has 0 aliphatic rings. The Hall–Kier alpha value is -2.66. The van der Waals surface area contributed by atoms with E-state index in [2.05, 4.69) is 168 Å². The summed E-state index contributed by atoms with van der Waals surface area (Å²) in [5.41, 5.74) is 6.39. The van der Waals surface area contributed by atoms with E-state index in [4.69, 9.17) is 0 Å². The topological polar surface area (TPSA) is 40.5 Å². The summed E-state index contributed by atoms with van der Waals surface area (Å²) in [6.07, 6.45) is 3.79. The molecule has 2 atom stereocenters. The highest BCUT2D eigenvalue weighted by atomic mass is 31.1. The third kappa shape index (κ3) is 9.52. The molecule has 0 spiro atoms. The van der Waals surface area contributed by atoms with Crippen LogP contribution in [0.3, 0.4) is 0 Å². The second-order valence-electron chi connectivity index (χ2n) is 17.6. The number of phenols is 2. The Labute approximate surface area is 294 Å². The van der Waals surface area contributed by atoms with Crippen molar-refractivity contribution in [3.8, 4) is 11.5 Å². The molecule has 0 aliphatic heterocycles. The van der Waals surface area contributed by atoms with Crippen molar-refractivity contribution in [2.45, 2.75) is 117 Å². The van der Waals surface area contributed by atoms with E-state index in [-0.39, 0.29) is 21.7 Å². The van der Waals surface area contributed by atoms with Crippen LogP contribution in [-0.4, -0.2) is 22.5 Å². The van der Waals surface area contributed by atoms with E-state index in [1.807, 2.05) is 0 Å². The molecule has 4 heteroatoms.